The molecule has 0 aromatic heterocycles. The van der Waals surface area contributed by atoms with Gasteiger partial charge in [-0.1, -0.05) is 48.6 Å². The average Bonchev–Trinajstić information content (AvgIpc) is 4.11. The van der Waals surface area contributed by atoms with Gasteiger partial charge < -0.3 is 37.9 Å². The fourth-order valence-electron chi connectivity index (χ4n) is 14.7. The van der Waals surface area contributed by atoms with Gasteiger partial charge in [0, 0.05) is 0 Å². The number of rotatable bonds is 24. The summed E-state index contributed by atoms with van der Waals surface area (Å²) in [4.78, 5) is 0. The van der Waals surface area contributed by atoms with Crippen LogP contribution < -0.4 is 42.5 Å². The molecule has 72 heavy (non-hydrogen) atoms. The third-order valence-corrected chi connectivity index (χ3v) is 17.6. The van der Waals surface area contributed by atoms with Crippen LogP contribution in [0.3, 0.4) is 0 Å². The lowest BCUT2D eigenvalue weighted by Gasteiger charge is -2.43. The molecule has 0 aromatic rings. The lowest BCUT2D eigenvalue weighted by Crippen LogP contribution is -2.61. The van der Waals surface area contributed by atoms with Crippen LogP contribution in [0.15, 0.2) is 101 Å². The second kappa shape index (κ2) is 25.9. The molecule has 5 aliphatic heterocycles. The summed E-state index contributed by atoms with van der Waals surface area (Å²) in [5.41, 5.74) is 0. The van der Waals surface area contributed by atoms with E-state index in [9.17, 15) is 0 Å². The number of nitrogens with one attached hydrogen (secondary N) is 8. The Labute approximate surface area is 430 Å². The monoisotopic (exact) mass is 1000 g/mol. The minimum absolute atomic E-state index is 0.0421. The number of hydrogen-bond acceptors (Lipinski definition) is 16. The average molecular weight is 1000 g/mol. The fraction of sp³-hybridized carbons (Fsp3) is 0.714. The van der Waals surface area contributed by atoms with Crippen LogP contribution in [0.5, 0.6) is 0 Å². The fourth-order valence-corrected chi connectivity index (χ4v) is 14.7. The molecule has 4 aliphatic carbocycles. The van der Waals surface area contributed by atoms with Crippen LogP contribution in [0, 0.1) is 47.3 Å². The maximum Gasteiger partial charge on any atom is 0.0845 e. The summed E-state index contributed by atoms with van der Waals surface area (Å²) in [7, 11) is 0. The summed E-state index contributed by atoms with van der Waals surface area (Å²) < 4.78 is 52.5. The minimum Gasteiger partial charge on any atom is -0.371 e. The Morgan fingerprint density at radius 3 is 0.431 bits per heavy atom. The van der Waals surface area contributed by atoms with Crippen molar-refractivity contribution in [3.8, 4) is 0 Å². The molecule has 5 heterocycles. The molecule has 5 saturated heterocycles. The van der Waals surface area contributed by atoms with Crippen LogP contribution >= 0.6 is 0 Å². The lowest BCUT2D eigenvalue weighted by atomic mass is 9.73. The quantitative estimate of drug-likeness (QED) is 0.0652. The highest BCUT2D eigenvalue weighted by molar-refractivity contribution is 5.12. The standard InChI is InChI=1S/C56H88N8O8/c1-9-17-65-41-25-33-34(26-42(41)66-18-10-2)50-57-49(33)61-51-35-27-43(67-19-11-3)44(68-20-12-4)28-36(35)53(58-51)63-55-39-31-47(71-23-15-7)48(72-24-16-8)32-40(39)56(60-55)64-54-38-30-46(70-22-14-6)45(69-21-13-5)29-37(38)52(59-54)62-50/h9-16,33-64H,1-8,17-32H2. The predicted molar refractivity (Wildman–Crippen MR) is 280 cm³/mol. The Kier molecular flexibility index (Phi) is 19.4. The van der Waals surface area contributed by atoms with E-state index in [1.54, 1.807) is 0 Å². The van der Waals surface area contributed by atoms with Gasteiger partial charge in [-0.05, 0) is 98.7 Å². The van der Waals surface area contributed by atoms with Gasteiger partial charge in [-0.15, -0.1) is 52.6 Å². The number of ether oxygens (including phenoxy) is 8. The summed E-state index contributed by atoms with van der Waals surface area (Å²) in [6.45, 7) is 35.6. The van der Waals surface area contributed by atoms with Crippen molar-refractivity contribution in [2.75, 3.05) is 52.9 Å². The molecule has 9 aliphatic rings. The molecule has 4 saturated carbocycles. The van der Waals surface area contributed by atoms with Crippen LogP contribution in [0.2, 0.25) is 0 Å². The molecule has 0 radical (unpaired) electrons. The van der Waals surface area contributed by atoms with Crippen molar-refractivity contribution >= 4 is 0 Å². The Morgan fingerprint density at radius 1 is 0.222 bits per heavy atom. The topological polar surface area (TPSA) is 170 Å². The van der Waals surface area contributed by atoms with E-state index >= 15 is 0 Å². The van der Waals surface area contributed by atoms with Crippen molar-refractivity contribution in [3.05, 3.63) is 101 Å². The zero-order valence-corrected chi connectivity index (χ0v) is 42.7. The Morgan fingerprint density at radius 2 is 0.333 bits per heavy atom. The molecule has 8 bridgehead atoms. The smallest absolute Gasteiger partial charge is 0.0845 e. The van der Waals surface area contributed by atoms with Gasteiger partial charge in [0.15, 0.2) is 0 Å². The molecule has 16 unspecified atom stereocenters. The molecule has 16 nitrogen and oxygen atoms in total. The first-order valence-corrected chi connectivity index (χ1v) is 27.2. The van der Waals surface area contributed by atoms with E-state index in [1.165, 1.54) is 0 Å². The minimum atomic E-state index is -0.0988. The molecule has 9 fully saturated rings. The van der Waals surface area contributed by atoms with Crippen molar-refractivity contribution in [2.45, 2.75) is 150 Å². The molecule has 16 heteroatoms. The molecule has 9 rings (SSSR count). The molecular weight excluding hydrogens is 913 g/mol. The van der Waals surface area contributed by atoms with Crippen LogP contribution in [0.4, 0.5) is 0 Å². The maximum absolute atomic E-state index is 6.57. The van der Waals surface area contributed by atoms with E-state index < -0.39 is 0 Å². The van der Waals surface area contributed by atoms with Gasteiger partial charge in [-0.25, -0.2) is 0 Å². The molecule has 0 spiro atoms. The SMILES string of the molecule is C=CCOC1CC2C3NC(NC4NC(NC5NC(NC6NC(N3)C3CC(OCC=C)C(OCC=C)CC63)C3CC(OCC=C)C(OCC=C)CC53)C3CC(OCC=C)C(OCC=C)CC43)C2CC1OCC=C. The summed E-state index contributed by atoms with van der Waals surface area (Å²) in [5.74, 6) is 1.82. The Balaban J connectivity index is 1.10. The number of fused-ring (bicyclic) bond motifs is 20. The van der Waals surface area contributed by atoms with Gasteiger partial charge >= 0.3 is 0 Å². The second-order valence-electron chi connectivity index (χ2n) is 21.6. The molecule has 400 valence electrons. The lowest BCUT2D eigenvalue weighted by molar-refractivity contribution is -0.111. The van der Waals surface area contributed by atoms with Crippen molar-refractivity contribution in [1.29, 1.82) is 0 Å². The summed E-state index contributed by atoms with van der Waals surface area (Å²) in [6.07, 6.45) is 20.2. The summed E-state index contributed by atoms with van der Waals surface area (Å²) in [5, 5.41) is 33.8. The zero-order valence-electron chi connectivity index (χ0n) is 42.7. The zero-order chi connectivity index (χ0) is 50.1. The van der Waals surface area contributed by atoms with Gasteiger partial charge in [-0.2, -0.15) is 0 Å². The van der Waals surface area contributed by atoms with Crippen molar-refractivity contribution in [1.82, 2.24) is 42.5 Å². The molecule has 8 N–H and O–H groups in total. The largest absolute Gasteiger partial charge is 0.371 e. The Hall–Kier alpha value is -2.72. The van der Waals surface area contributed by atoms with E-state index in [0.29, 0.717) is 52.9 Å². The first kappa shape index (κ1) is 54.1. The van der Waals surface area contributed by atoms with Crippen molar-refractivity contribution in [2.24, 2.45) is 47.3 Å². The van der Waals surface area contributed by atoms with Gasteiger partial charge in [0.25, 0.3) is 0 Å². The van der Waals surface area contributed by atoms with Crippen molar-refractivity contribution in [3.63, 3.8) is 0 Å². The Bertz CT molecular complexity index is 1470. The molecule has 0 amide bonds. The molecular formula is C56H88N8O8. The van der Waals surface area contributed by atoms with E-state index in [4.69, 9.17) is 37.9 Å². The van der Waals surface area contributed by atoms with Gasteiger partial charge in [-0.3, -0.25) is 42.5 Å². The molecule has 16 atom stereocenters. The normalized spacial score (nSPS) is 45.1. The second-order valence-corrected chi connectivity index (χ2v) is 21.6. The third kappa shape index (κ3) is 11.9. The van der Waals surface area contributed by atoms with E-state index in [2.05, 4.69) is 95.2 Å². The van der Waals surface area contributed by atoms with E-state index in [0.717, 1.165) is 51.4 Å². The van der Waals surface area contributed by atoms with E-state index in [-0.39, 0.29) is 146 Å². The predicted octanol–water partition coefficient (Wildman–Crippen LogP) is 4.05. The van der Waals surface area contributed by atoms with E-state index in [1.807, 2.05) is 48.6 Å². The highest BCUT2D eigenvalue weighted by Crippen LogP contribution is 2.48. The summed E-state index contributed by atoms with van der Waals surface area (Å²) >= 11 is 0. The van der Waals surface area contributed by atoms with Gasteiger partial charge in [0.1, 0.15) is 0 Å². The van der Waals surface area contributed by atoms with Crippen LogP contribution in [0.1, 0.15) is 51.4 Å². The van der Waals surface area contributed by atoms with Gasteiger partial charge in [0.05, 0.1) is 151 Å². The highest BCUT2D eigenvalue weighted by atomic mass is 16.6. The van der Waals surface area contributed by atoms with Crippen molar-refractivity contribution < 1.29 is 37.9 Å². The van der Waals surface area contributed by atoms with Crippen LogP contribution in [0.25, 0.3) is 0 Å². The summed E-state index contributed by atoms with van der Waals surface area (Å²) in [6, 6.07) is 0. The first-order chi connectivity index (χ1) is 35.3. The van der Waals surface area contributed by atoms with Crippen LogP contribution in [-0.2, 0) is 37.9 Å². The first-order valence-electron chi connectivity index (χ1n) is 27.2. The van der Waals surface area contributed by atoms with Crippen LogP contribution in [-0.4, -0.2) is 151 Å². The third-order valence-electron chi connectivity index (χ3n) is 17.6. The molecule has 0 aromatic carbocycles. The maximum atomic E-state index is 6.57. The van der Waals surface area contributed by atoms with Gasteiger partial charge in [0.2, 0.25) is 0 Å². The number of hydrogen-bond donors (Lipinski definition) is 8. The highest BCUT2D eigenvalue weighted by Gasteiger charge is 2.59.